The van der Waals surface area contributed by atoms with E-state index in [0.717, 1.165) is 4.47 Å². The smallest absolute Gasteiger partial charge is 0.343 e. The van der Waals surface area contributed by atoms with Gasteiger partial charge in [0.05, 0.1) is 18.3 Å². The van der Waals surface area contributed by atoms with Gasteiger partial charge in [-0.2, -0.15) is 5.10 Å². The molecule has 3 aromatic rings. The third-order valence-corrected chi connectivity index (χ3v) is 4.78. The first-order valence-corrected chi connectivity index (χ1v) is 10.5. The van der Waals surface area contributed by atoms with E-state index in [0.29, 0.717) is 27.5 Å². The van der Waals surface area contributed by atoms with Crippen molar-refractivity contribution >= 4 is 51.5 Å². The molecular formula is C23H17BrClN3O4. The van der Waals surface area contributed by atoms with Crippen molar-refractivity contribution in [3.63, 3.8) is 0 Å². The van der Waals surface area contributed by atoms with Crippen LogP contribution < -0.4 is 15.5 Å². The molecule has 7 nitrogen and oxygen atoms in total. The topological polar surface area (TPSA) is 96.9 Å². The maximum Gasteiger partial charge on any atom is 0.343 e. The molecule has 0 saturated heterocycles. The van der Waals surface area contributed by atoms with Gasteiger partial charge in [-0.15, -0.1) is 0 Å². The van der Waals surface area contributed by atoms with Crippen molar-refractivity contribution < 1.29 is 19.1 Å². The lowest BCUT2D eigenvalue weighted by atomic mass is 10.2. The van der Waals surface area contributed by atoms with Crippen LogP contribution in [-0.2, 0) is 4.79 Å². The molecule has 0 spiro atoms. The summed E-state index contributed by atoms with van der Waals surface area (Å²) in [7, 11) is 0. The molecule has 0 aliphatic rings. The standard InChI is InChI=1S/C23H17BrClN3O4/c24-18-5-1-3-16(11-18)22(30)26-14-21(29)28-27-13-15-7-9-20(10-8-15)32-23(31)17-4-2-6-19(25)12-17/h1-13H,14H2,(H,26,30)(H,28,29)/b27-13-. The van der Waals surface area contributed by atoms with E-state index >= 15 is 0 Å². The Hall–Kier alpha value is -3.49. The maximum absolute atomic E-state index is 12.1. The molecule has 0 aliphatic heterocycles. The molecule has 0 bridgehead atoms. The van der Waals surface area contributed by atoms with Gasteiger partial charge in [-0.05, 0) is 66.2 Å². The quantitative estimate of drug-likeness (QED) is 0.214. The number of benzene rings is 3. The number of halogens is 2. The van der Waals surface area contributed by atoms with Crippen LogP contribution in [0.4, 0.5) is 0 Å². The van der Waals surface area contributed by atoms with Crippen molar-refractivity contribution in [1.82, 2.24) is 10.7 Å². The Kier molecular flexibility index (Phi) is 8.13. The van der Waals surface area contributed by atoms with Crippen LogP contribution in [0.15, 0.2) is 82.4 Å². The number of rotatable bonds is 7. The number of nitrogens with zero attached hydrogens (tertiary/aromatic N) is 1. The molecule has 0 aliphatic carbocycles. The molecular weight excluding hydrogens is 498 g/mol. The molecule has 3 aromatic carbocycles. The number of carbonyl (C=O) groups is 3. The highest BCUT2D eigenvalue weighted by atomic mass is 79.9. The van der Waals surface area contributed by atoms with E-state index in [1.807, 2.05) is 0 Å². The van der Waals surface area contributed by atoms with Gasteiger partial charge in [0.2, 0.25) is 0 Å². The third-order valence-electron chi connectivity index (χ3n) is 4.05. The molecule has 2 N–H and O–H groups in total. The normalized spacial score (nSPS) is 10.6. The minimum Gasteiger partial charge on any atom is -0.423 e. The molecule has 162 valence electrons. The van der Waals surface area contributed by atoms with Crippen LogP contribution in [0, 0.1) is 0 Å². The molecule has 0 aromatic heterocycles. The van der Waals surface area contributed by atoms with Gasteiger partial charge in [-0.1, -0.05) is 39.7 Å². The van der Waals surface area contributed by atoms with Gasteiger partial charge in [-0.3, -0.25) is 9.59 Å². The second-order valence-electron chi connectivity index (χ2n) is 6.46. The van der Waals surface area contributed by atoms with Crippen LogP contribution in [0.5, 0.6) is 5.75 Å². The first-order chi connectivity index (χ1) is 15.4. The number of carbonyl (C=O) groups excluding carboxylic acids is 3. The largest absolute Gasteiger partial charge is 0.423 e. The molecule has 0 radical (unpaired) electrons. The van der Waals surface area contributed by atoms with Crippen molar-refractivity contribution in [2.45, 2.75) is 0 Å². The number of esters is 1. The predicted octanol–water partition coefficient (Wildman–Crippen LogP) is 4.20. The summed E-state index contributed by atoms with van der Waals surface area (Å²) < 4.78 is 6.06. The molecule has 0 fully saturated rings. The first kappa shape index (κ1) is 23.2. The Morgan fingerprint density at radius 3 is 2.41 bits per heavy atom. The minimum atomic E-state index is -0.522. The summed E-state index contributed by atoms with van der Waals surface area (Å²) in [4.78, 5) is 36.0. The van der Waals surface area contributed by atoms with E-state index in [4.69, 9.17) is 16.3 Å². The first-order valence-electron chi connectivity index (χ1n) is 9.34. The number of nitrogens with one attached hydrogen (secondary N) is 2. The summed E-state index contributed by atoms with van der Waals surface area (Å²) in [6.07, 6.45) is 1.43. The van der Waals surface area contributed by atoms with Crippen LogP contribution in [-0.4, -0.2) is 30.5 Å². The average Bonchev–Trinajstić information content (AvgIpc) is 2.78. The fraction of sp³-hybridized carbons (Fsp3) is 0.0435. The lowest BCUT2D eigenvalue weighted by Crippen LogP contribution is -2.34. The van der Waals surface area contributed by atoms with Gasteiger partial charge in [0.15, 0.2) is 0 Å². The van der Waals surface area contributed by atoms with E-state index in [-0.39, 0.29) is 12.5 Å². The Labute approximate surface area is 197 Å². The molecule has 3 rings (SSSR count). The number of amides is 2. The van der Waals surface area contributed by atoms with Gasteiger partial charge in [0, 0.05) is 15.1 Å². The Morgan fingerprint density at radius 2 is 1.69 bits per heavy atom. The van der Waals surface area contributed by atoms with Gasteiger partial charge >= 0.3 is 5.97 Å². The molecule has 0 saturated carbocycles. The van der Waals surface area contributed by atoms with Gasteiger partial charge in [-0.25, -0.2) is 10.2 Å². The highest BCUT2D eigenvalue weighted by Crippen LogP contribution is 2.16. The second-order valence-corrected chi connectivity index (χ2v) is 7.81. The maximum atomic E-state index is 12.1. The van der Waals surface area contributed by atoms with E-state index in [9.17, 15) is 14.4 Å². The number of hydrogen-bond donors (Lipinski definition) is 2. The summed E-state index contributed by atoms with van der Waals surface area (Å²) in [5, 5.41) is 6.81. The zero-order valence-corrected chi connectivity index (χ0v) is 18.9. The zero-order chi connectivity index (χ0) is 22.9. The summed E-state index contributed by atoms with van der Waals surface area (Å²) in [6.45, 7) is -0.221. The lowest BCUT2D eigenvalue weighted by Gasteiger charge is -2.05. The fourth-order valence-electron chi connectivity index (χ4n) is 2.51. The lowest BCUT2D eigenvalue weighted by molar-refractivity contribution is -0.120. The second kappa shape index (κ2) is 11.2. The minimum absolute atomic E-state index is 0.221. The highest BCUT2D eigenvalue weighted by molar-refractivity contribution is 9.10. The van der Waals surface area contributed by atoms with Crippen LogP contribution in [0.2, 0.25) is 5.02 Å². The summed E-state index contributed by atoms with van der Waals surface area (Å²) in [6, 6.07) is 19.8. The zero-order valence-electron chi connectivity index (χ0n) is 16.5. The predicted molar refractivity (Wildman–Crippen MR) is 125 cm³/mol. The van der Waals surface area contributed by atoms with Crippen molar-refractivity contribution in [2.24, 2.45) is 5.10 Å². The molecule has 0 heterocycles. The van der Waals surface area contributed by atoms with Crippen molar-refractivity contribution in [2.75, 3.05) is 6.54 Å². The van der Waals surface area contributed by atoms with Crippen LogP contribution >= 0.6 is 27.5 Å². The Bertz CT molecular complexity index is 1170. The van der Waals surface area contributed by atoms with E-state index in [1.165, 1.54) is 12.3 Å². The van der Waals surface area contributed by atoms with E-state index in [1.54, 1.807) is 66.7 Å². The van der Waals surface area contributed by atoms with Crippen molar-refractivity contribution in [1.29, 1.82) is 0 Å². The average molecular weight is 515 g/mol. The van der Waals surface area contributed by atoms with Crippen LogP contribution in [0.25, 0.3) is 0 Å². The van der Waals surface area contributed by atoms with Crippen molar-refractivity contribution in [3.8, 4) is 5.75 Å². The van der Waals surface area contributed by atoms with Crippen LogP contribution in [0.3, 0.4) is 0 Å². The van der Waals surface area contributed by atoms with E-state index in [2.05, 4.69) is 31.8 Å². The number of ether oxygens (including phenoxy) is 1. The summed E-state index contributed by atoms with van der Waals surface area (Å²) >= 11 is 9.17. The SMILES string of the molecule is O=C(CNC(=O)c1cccc(Br)c1)N/N=C\c1ccc(OC(=O)c2cccc(Cl)c2)cc1. The summed E-state index contributed by atoms with van der Waals surface area (Å²) in [5.74, 6) is -1.01. The monoisotopic (exact) mass is 513 g/mol. The fourth-order valence-corrected chi connectivity index (χ4v) is 3.10. The molecule has 0 unspecified atom stereocenters. The number of hydrogen-bond acceptors (Lipinski definition) is 5. The highest BCUT2D eigenvalue weighted by Gasteiger charge is 2.09. The third kappa shape index (κ3) is 7.04. The molecule has 9 heteroatoms. The van der Waals surface area contributed by atoms with Gasteiger partial charge in [0.25, 0.3) is 11.8 Å². The molecule has 2 amide bonds. The molecule has 0 atom stereocenters. The summed E-state index contributed by atoms with van der Waals surface area (Å²) in [5.41, 5.74) is 3.79. The molecule has 32 heavy (non-hydrogen) atoms. The number of hydrazone groups is 1. The van der Waals surface area contributed by atoms with Gasteiger partial charge < -0.3 is 10.1 Å². The van der Waals surface area contributed by atoms with Gasteiger partial charge in [0.1, 0.15) is 5.75 Å². The Balaban J connectivity index is 1.45. The van der Waals surface area contributed by atoms with Crippen LogP contribution in [0.1, 0.15) is 26.3 Å². The van der Waals surface area contributed by atoms with E-state index < -0.39 is 11.9 Å². The van der Waals surface area contributed by atoms with Crippen molar-refractivity contribution in [3.05, 3.63) is 99.0 Å². The Morgan fingerprint density at radius 1 is 0.969 bits per heavy atom.